The fourth-order valence-corrected chi connectivity index (χ4v) is 5.62. The summed E-state index contributed by atoms with van der Waals surface area (Å²) < 4.78 is 0. The van der Waals surface area contributed by atoms with E-state index in [1.54, 1.807) is 6.08 Å². The summed E-state index contributed by atoms with van der Waals surface area (Å²) >= 11 is 0. The summed E-state index contributed by atoms with van der Waals surface area (Å²) in [5.74, 6) is 1.69. The van der Waals surface area contributed by atoms with Gasteiger partial charge in [0.15, 0.2) is 17.5 Å². The van der Waals surface area contributed by atoms with Gasteiger partial charge < -0.3 is 0 Å². The van der Waals surface area contributed by atoms with E-state index in [0.717, 1.165) is 67.8 Å². The molecule has 6 aromatic rings. The van der Waals surface area contributed by atoms with E-state index in [1.165, 1.54) is 0 Å². The Morgan fingerprint density at radius 3 is 1.88 bits per heavy atom. The molecular weight excluding hydrogens is 597 g/mol. The quantitative estimate of drug-likeness (QED) is 0.133. The van der Waals surface area contributed by atoms with Gasteiger partial charge in [-0.2, -0.15) is 0 Å². The third-order valence-electron chi connectivity index (χ3n) is 8.21. The number of rotatable bonds is 11. The van der Waals surface area contributed by atoms with Crippen LogP contribution in [0.1, 0.15) is 26.1 Å². The Balaban J connectivity index is 1.55. The predicted octanol–water partition coefficient (Wildman–Crippen LogP) is 11.6. The second-order valence-electron chi connectivity index (χ2n) is 11.5. The van der Waals surface area contributed by atoms with Gasteiger partial charge >= 0.3 is 0 Å². The molecule has 0 unspecified atom stereocenters. The van der Waals surface area contributed by atoms with Crippen LogP contribution in [-0.4, -0.2) is 19.9 Å². The van der Waals surface area contributed by atoms with Gasteiger partial charge in [0, 0.05) is 28.5 Å². The fourth-order valence-electron chi connectivity index (χ4n) is 5.62. The first-order valence-electron chi connectivity index (χ1n) is 16.5. The van der Waals surface area contributed by atoms with Crippen LogP contribution in [-0.2, 0) is 0 Å². The topological polar surface area (TPSA) is 51.6 Å². The molecule has 238 valence electrons. The number of hydrogen-bond acceptors (Lipinski definition) is 4. The van der Waals surface area contributed by atoms with Crippen molar-refractivity contribution < 1.29 is 0 Å². The number of aromatic nitrogens is 4. The van der Waals surface area contributed by atoms with E-state index < -0.39 is 0 Å². The van der Waals surface area contributed by atoms with E-state index in [2.05, 4.69) is 97.9 Å². The van der Waals surface area contributed by atoms with Crippen molar-refractivity contribution >= 4 is 5.57 Å². The van der Waals surface area contributed by atoms with E-state index >= 15 is 0 Å². The maximum atomic E-state index is 5.09. The number of benzene rings is 4. The van der Waals surface area contributed by atoms with Crippen molar-refractivity contribution in [3.63, 3.8) is 0 Å². The zero-order chi connectivity index (χ0) is 34.0. The molecular formula is C45H38N4. The van der Waals surface area contributed by atoms with Crippen molar-refractivity contribution in [1.29, 1.82) is 0 Å². The highest BCUT2D eigenvalue weighted by Gasteiger charge is 2.16. The van der Waals surface area contributed by atoms with Crippen molar-refractivity contribution in [1.82, 2.24) is 19.9 Å². The molecule has 0 aliphatic carbocycles. The molecule has 4 aromatic carbocycles. The minimum absolute atomic E-state index is 0.533. The predicted molar refractivity (Wildman–Crippen MR) is 205 cm³/mol. The molecule has 0 amide bonds. The molecule has 0 spiro atoms. The van der Waals surface area contributed by atoms with Gasteiger partial charge in [-0.05, 0) is 89.2 Å². The summed E-state index contributed by atoms with van der Waals surface area (Å²) in [6.45, 7) is 12.6. The monoisotopic (exact) mass is 634 g/mol. The van der Waals surface area contributed by atoms with Crippen LogP contribution in [0.2, 0.25) is 0 Å². The third-order valence-corrected chi connectivity index (χ3v) is 8.21. The molecule has 0 aliphatic heterocycles. The van der Waals surface area contributed by atoms with Crippen LogP contribution in [0, 0.1) is 0 Å². The molecule has 0 fully saturated rings. The Bertz CT molecular complexity index is 2180. The number of hydrogen-bond donors (Lipinski definition) is 0. The molecule has 0 atom stereocenters. The molecule has 0 N–H and O–H groups in total. The Labute approximate surface area is 289 Å². The van der Waals surface area contributed by atoms with E-state index in [9.17, 15) is 0 Å². The van der Waals surface area contributed by atoms with Gasteiger partial charge in [0.2, 0.25) is 0 Å². The van der Waals surface area contributed by atoms with Crippen LogP contribution in [0.15, 0.2) is 182 Å². The molecule has 49 heavy (non-hydrogen) atoms. The summed E-state index contributed by atoms with van der Waals surface area (Å²) in [5, 5.41) is 0. The van der Waals surface area contributed by atoms with Crippen molar-refractivity contribution in [2.75, 3.05) is 0 Å². The summed E-state index contributed by atoms with van der Waals surface area (Å²) in [5.41, 5.74) is 10.8. The minimum atomic E-state index is 0.533. The van der Waals surface area contributed by atoms with Gasteiger partial charge in [0.05, 0.1) is 5.69 Å². The van der Waals surface area contributed by atoms with Crippen LogP contribution in [0.3, 0.4) is 0 Å². The highest BCUT2D eigenvalue weighted by Crippen LogP contribution is 2.34. The molecule has 4 nitrogen and oxygen atoms in total. The van der Waals surface area contributed by atoms with E-state index in [0.29, 0.717) is 17.5 Å². The van der Waals surface area contributed by atoms with Crippen molar-refractivity contribution in [3.05, 3.63) is 188 Å². The zero-order valence-electron chi connectivity index (χ0n) is 27.9. The van der Waals surface area contributed by atoms with Crippen LogP contribution in [0.5, 0.6) is 0 Å². The van der Waals surface area contributed by atoms with Crippen molar-refractivity contribution in [2.24, 2.45) is 0 Å². The van der Waals surface area contributed by atoms with Gasteiger partial charge in [0.25, 0.3) is 0 Å². The highest BCUT2D eigenvalue weighted by atomic mass is 15.0. The average Bonchev–Trinajstić information content (AvgIpc) is 3.18. The molecule has 0 saturated heterocycles. The average molecular weight is 635 g/mol. The lowest BCUT2D eigenvalue weighted by atomic mass is 9.94. The van der Waals surface area contributed by atoms with E-state index in [-0.39, 0.29) is 0 Å². The largest absolute Gasteiger partial charge is 0.256 e. The van der Waals surface area contributed by atoms with Crippen LogP contribution >= 0.6 is 0 Å². The van der Waals surface area contributed by atoms with Gasteiger partial charge in [-0.25, -0.2) is 15.0 Å². The van der Waals surface area contributed by atoms with Crippen LogP contribution < -0.4 is 0 Å². The van der Waals surface area contributed by atoms with Crippen LogP contribution in [0.25, 0.3) is 61.9 Å². The van der Waals surface area contributed by atoms with Crippen LogP contribution in [0.4, 0.5) is 0 Å². The first kappa shape index (κ1) is 32.7. The number of pyridine rings is 1. The molecule has 0 radical (unpaired) electrons. The third kappa shape index (κ3) is 7.83. The first-order valence-corrected chi connectivity index (χ1v) is 16.5. The van der Waals surface area contributed by atoms with Gasteiger partial charge in [0.1, 0.15) is 0 Å². The summed E-state index contributed by atoms with van der Waals surface area (Å²) in [6.07, 6.45) is 12.6. The Hall–Kier alpha value is -6.26. The van der Waals surface area contributed by atoms with E-state index in [4.69, 9.17) is 15.0 Å². The molecule has 0 bridgehead atoms. The second kappa shape index (κ2) is 15.6. The zero-order valence-corrected chi connectivity index (χ0v) is 27.9. The Kier molecular flexibility index (Phi) is 10.4. The molecule has 2 aromatic heterocycles. The lowest BCUT2D eigenvalue weighted by Crippen LogP contribution is -2.03. The lowest BCUT2D eigenvalue weighted by Gasteiger charge is -2.13. The number of nitrogens with zero attached hydrogens (tertiary/aromatic N) is 4. The molecule has 0 saturated carbocycles. The summed E-state index contributed by atoms with van der Waals surface area (Å²) in [7, 11) is 0. The molecule has 2 heterocycles. The lowest BCUT2D eigenvalue weighted by molar-refractivity contribution is 1.04. The normalized spacial score (nSPS) is 11.9. The molecule has 0 aliphatic rings. The summed E-state index contributed by atoms with van der Waals surface area (Å²) in [4.78, 5) is 19.7. The van der Waals surface area contributed by atoms with Crippen molar-refractivity contribution in [3.8, 4) is 56.3 Å². The maximum absolute atomic E-state index is 5.09. The molecule has 6 rings (SSSR count). The smallest absolute Gasteiger partial charge is 0.164 e. The Morgan fingerprint density at radius 2 is 1.22 bits per heavy atom. The maximum Gasteiger partial charge on any atom is 0.164 e. The fraction of sp³-hybridized carbons (Fsp3) is 0.0667. The van der Waals surface area contributed by atoms with Gasteiger partial charge in [-0.3, -0.25) is 4.98 Å². The second-order valence-corrected chi connectivity index (χ2v) is 11.5. The number of allylic oxidation sites excluding steroid dienone is 8. The summed E-state index contributed by atoms with van der Waals surface area (Å²) in [6, 6.07) is 41.4. The first-order chi connectivity index (χ1) is 24.1. The van der Waals surface area contributed by atoms with Gasteiger partial charge in [-0.1, -0.05) is 129 Å². The highest BCUT2D eigenvalue weighted by molar-refractivity contribution is 5.82. The SMILES string of the molecule is C=C/C(=C\C(=C)/C(=C/C=C\C)CC)c1nc(-c2ccccc2)nc(-c2cc(-c3ccccc3)cc(-c3cccc(-c4ccccn4)c3)c2)n1. The standard InChI is InChI=1S/C45H38N4/c1-5-8-18-33(6-2)32(4)27-34(7-3)43-47-44(36-21-13-10-14-22-36)49-45(48-43)41-30-39(35-19-11-9-12-20-35)29-40(31-41)37-23-17-24-38(28-37)42-25-15-16-26-46-42/h5,7-31H,3-4,6H2,1-2H3/b8-5-,33-18+,34-27+. The minimum Gasteiger partial charge on any atom is -0.256 e. The van der Waals surface area contributed by atoms with E-state index in [1.807, 2.05) is 85.9 Å². The van der Waals surface area contributed by atoms with Crippen molar-refractivity contribution in [2.45, 2.75) is 20.3 Å². The Morgan fingerprint density at radius 1 is 0.633 bits per heavy atom. The van der Waals surface area contributed by atoms with Gasteiger partial charge in [-0.15, -0.1) is 0 Å². The molecule has 4 heteroatoms.